The van der Waals surface area contributed by atoms with Crippen molar-refractivity contribution in [1.29, 1.82) is 0 Å². The number of fused-ring (bicyclic) bond motifs is 1. The summed E-state index contributed by atoms with van der Waals surface area (Å²) in [7, 11) is 8.17. The molecular weight excluding hydrogens is 372 g/mol. The summed E-state index contributed by atoms with van der Waals surface area (Å²) in [4.78, 5) is 17.1. The summed E-state index contributed by atoms with van der Waals surface area (Å²) in [5, 5.41) is 0. The summed E-state index contributed by atoms with van der Waals surface area (Å²) in [6.07, 6.45) is 1.23. The molecule has 4 nitrogen and oxygen atoms in total. The van der Waals surface area contributed by atoms with Crippen LogP contribution in [0, 0.1) is 0 Å². The average Bonchev–Trinajstić information content (AvgIpc) is 3.00. The van der Waals surface area contributed by atoms with E-state index in [2.05, 4.69) is 34.1 Å². The van der Waals surface area contributed by atoms with Gasteiger partial charge < -0.3 is 14.5 Å². The van der Waals surface area contributed by atoms with Crippen LogP contribution in [0.3, 0.4) is 0 Å². The van der Waals surface area contributed by atoms with Gasteiger partial charge in [0.1, 0.15) is 5.60 Å². The number of carbonyl (C=O) groups excluding carboxylic acids is 1. The Morgan fingerprint density at radius 1 is 0.700 bits per heavy atom. The van der Waals surface area contributed by atoms with Crippen LogP contribution in [0.25, 0.3) is 0 Å². The lowest BCUT2D eigenvalue weighted by atomic mass is 9.81. The number of hydrogen-bond donors (Lipinski definition) is 0. The number of esters is 1. The monoisotopic (exact) mass is 400 g/mol. The molecule has 0 radical (unpaired) electrons. The van der Waals surface area contributed by atoms with Crippen molar-refractivity contribution in [2.75, 3.05) is 38.0 Å². The molecule has 154 valence electrons. The zero-order chi connectivity index (χ0) is 21.3. The van der Waals surface area contributed by atoms with Gasteiger partial charge in [-0.3, -0.25) is 0 Å². The molecule has 3 aromatic rings. The molecule has 4 rings (SSSR count). The second-order valence-corrected chi connectivity index (χ2v) is 8.33. The second kappa shape index (κ2) is 7.86. The summed E-state index contributed by atoms with van der Waals surface area (Å²) in [6, 6.07) is 24.5. The van der Waals surface area contributed by atoms with E-state index in [1.54, 1.807) is 0 Å². The van der Waals surface area contributed by atoms with Gasteiger partial charge in [-0.15, -0.1) is 0 Å². The van der Waals surface area contributed by atoms with E-state index in [0.29, 0.717) is 18.4 Å². The van der Waals surface area contributed by atoms with Crippen molar-refractivity contribution in [3.05, 3.63) is 95.1 Å². The Morgan fingerprint density at radius 3 is 1.70 bits per heavy atom. The maximum Gasteiger partial charge on any atom is 0.339 e. The normalized spacial score (nSPS) is 14.2. The predicted molar refractivity (Wildman–Crippen MR) is 122 cm³/mol. The van der Waals surface area contributed by atoms with E-state index in [9.17, 15) is 4.79 Å². The fourth-order valence-corrected chi connectivity index (χ4v) is 4.48. The zero-order valence-corrected chi connectivity index (χ0v) is 18.1. The number of cyclic esters (lactones) is 1. The van der Waals surface area contributed by atoms with E-state index >= 15 is 0 Å². The molecule has 4 heteroatoms. The third kappa shape index (κ3) is 3.54. The van der Waals surface area contributed by atoms with Gasteiger partial charge in [0.2, 0.25) is 0 Å². The van der Waals surface area contributed by atoms with Crippen molar-refractivity contribution in [2.24, 2.45) is 0 Å². The quantitative estimate of drug-likeness (QED) is 0.563. The molecule has 1 aliphatic rings. The van der Waals surface area contributed by atoms with E-state index in [-0.39, 0.29) is 5.97 Å². The van der Waals surface area contributed by atoms with Gasteiger partial charge in [-0.1, -0.05) is 54.6 Å². The highest BCUT2D eigenvalue weighted by Gasteiger charge is 2.46. The molecule has 0 aromatic heterocycles. The molecular formula is C26H28N2O2. The molecule has 0 N–H and O–H groups in total. The first-order chi connectivity index (χ1) is 14.4. The number of carbonyl (C=O) groups is 1. The molecule has 30 heavy (non-hydrogen) atoms. The molecule has 1 heterocycles. The molecule has 0 aliphatic carbocycles. The third-order valence-electron chi connectivity index (χ3n) is 5.82. The van der Waals surface area contributed by atoms with Crippen LogP contribution in [0.4, 0.5) is 11.4 Å². The number of nitrogens with zero attached hydrogens (tertiary/aromatic N) is 2. The van der Waals surface area contributed by atoms with Crippen molar-refractivity contribution >= 4 is 17.3 Å². The molecule has 0 amide bonds. The molecule has 0 spiro atoms. The number of hydrogen-bond acceptors (Lipinski definition) is 4. The number of rotatable bonds is 6. The summed E-state index contributed by atoms with van der Waals surface area (Å²) in [5.41, 5.74) is 5.49. The minimum Gasteiger partial charge on any atom is -0.450 e. The summed E-state index contributed by atoms with van der Waals surface area (Å²) < 4.78 is 6.22. The Balaban J connectivity index is 1.86. The van der Waals surface area contributed by atoms with Crippen LogP contribution >= 0.6 is 0 Å². The average molecular weight is 401 g/mol. The first-order valence-electron chi connectivity index (χ1n) is 10.2. The molecule has 1 aliphatic heterocycles. The third-order valence-corrected chi connectivity index (χ3v) is 5.82. The summed E-state index contributed by atoms with van der Waals surface area (Å²) in [6.45, 7) is 0. The van der Waals surface area contributed by atoms with E-state index in [4.69, 9.17) is 4.74 Å². The van der Waals surface area contributed by atoms with E-state index < -0.39 is 5.60 Å². The van der Waals surface area contributed by atoms with Gasteiger partial charge in [-0.05, 0) is 29.3 Å². The van der Waals surface area contributed by atoms with Crippen LogP contribution in [0.15, 0.2) is 72.8 Å². The van der Waals surface area contributed by atoms with Crippen LogP contribution in [0.1, 0.15) is 27.0 Å². The SMILES string of the molecule is CN(C)c1ccccc1CC1(Cc2ccccc2N(C)C)OC(=O)c2ccccc21. The topological polar surface area (TPSA) is 32.8 Å². The lowest BCUT2D eigenvalue weighted by Crippen LogP contribution is -2.33. The number of para-hydroxylation sites is 2. The largest absolute Gasteiger partial charge is 0.450 e. The molecule has 0 atom stereocenters. The van der Waals surface area contributed by atoms with Crippen LogP contribution < -0.4 is 9.80 Å². The van der Waals surface area contributed by atoms with Crippen molar-refractivity contribution in [3.8, 4) is 0 Å². The molecule has 0 fully saturated rings. The van der Waals surface area contributed by atoms with Crippen molar-refractivity contribution in [3.63, 3.8) is 0 Å². The Labute approximate surface area is 178 Å². The van der Waals surface area contributed by atoms with Gasteiger partial charge in [0.05, 0.1) is 5.56 Å². The van der Waals surface area contributed by atoms with Gasteiger partial charge in [0.25, 0.3) is 0 Å². The minimum absolute atomic E-state index is 0.240. The molecule has 3 aromatic carbocycles. The maximum atomic E-state index is 12.9. The lowest BCUT2D eigenvalue weighted by Gasteiger charge is -2.32. The smallest absolute Gasteiger partial charge is 0.339 e. The van der Waals surface area contributed by atoms with Gasteiger partial charge >= 0.3 is 5.97 Å². The van der Waals surface area contributed by atoms with Gasteiger partial charge in [0, 0.05) is 58.0 Å². The Morgan fingerprint density at radius 2 is 1.17 bits per heavy atom. The van der Waals surface area contributed by atoms with E-state index in [0.717, 1.165) is 28.1 Å². The fourth-order valence-electron chi connectivity index (χ4n) is 4.48. The standard InChI is InChI=1S/C26H28N2O2/c1-27(2)23-15-9-5-11-19(23)17-26(18-20-12-6-10-16-24(20)28(3)4)22-14-8-7-13-21(22)25(29)30-26/h5-16H,17-18H2,1-4H3. The van der Waals surface area contributed by atoms with E-state index in [1.165, 1.54) is 0 Å². The lowest BCUT2D eigenvalue weighted by molar-refractivity contribution is -0.00810. The van der Waals surface area contributed by atoms with E-state index in [1.807, 2.05) is 76.7 Å². The predicted octanol–water partition coefficient (Wildman–Crippen LogP) is 4.67. The van der Waals surface area contributed by atoms with Crippen molar-refractivity contribution < 1.29 is 9.53 Å². The second-order valence-electron chi connectivity index (χ2n) is 8.33. The highest BCUT2D eigenvalue weighted by molar-refractivity contribution is 5.95. The number of benzene rings is 3. The molecule has 0 bridgehead atoms. The van der Waals surface area contributed by atoms with Crippen LogP contribution in [0.2, 0.25) is 0 Å². The summed E-state index contributed by atoms with van der Waals surface area (Å²) >= 11 is 0. The minimum atomic E-state index is -0.744. The first kappa shape index (κ1) is 20.0. The molecule has 0 saturated heterocycles. The van der Waals surface area contributed by atoms with Crippen LogP contribution in [-0.4, -0.2) is 34.2 Å². The van der Waals surface area contributed by atoms with Crippen molar-refractivity contribution in [2.45, 2.75) is 18.4 Å². The van der Waals surface area contributed by atoms with Gasteiger partial charge in [0.15, 0.2) is 0 Å². The van der Waals surface area contributed by atoms with Crippen molar-refractivity contribution in [1.82, 2.24) is 0 Å². The van der Waals surface area contributed by atoms with Crippen LogP contribution in [0.5, 0.6) is 0 Å². The molecule has 0 saturated carbocycles. The first-order valence-corrected chi connectivity index (χ1v) is 10.2. The maximum absolute atomic E-state index is 12.9. The summed E-state index contributed by atoms with van der Waals surface area (Å²) in [5.74, 6) is -0.240. The Hall–Kier alpha value is -3.27. The zero-order valence-electron chi connectivity index (χ0n) is 18.1. The highest BCUT2D eigenvalue weighted by atomic mass is 16.6. The highest BCUT2D eigenvalue weighted by Crippen LogP contribution is 2.44. The Bertz CT molecular complexity index is 1020. The van der Waals surface area contributed by atoms with Gasteiger partial charge in [-0.25, -0.2) is 4.79 Å². The number of ether oxygens (including phenoxy) is 1. The molecule has 0 unspecified atom stereocenters. The van der Waals surface area contributed by atoms with Gasteiger partial charge in [-0.2, -0.15) is 0 Å². The van der Waals surface area contributed by atoms with Crippen LogP contribution in [-0.2, 0) is 23.2 Å². The number of anilines is 2. The fraction of sp³-hybridized carbons (Fsp3) is 0.269. The Kier molecular flexibility index (Phi) is 5.25.